The van der Waals surface area contributed by atoms with Crippen molar-refractivity contribution in [2.24, 2.45) is 11.7 Å². The summed E-state index contributed by atoms with van der Waals surface area (Å²) in [6.45, 7) is 3.25. The Kier molecular flexibility index (Phi) is 23.2. The van der Waals surface area contributed by atoms with Gasteiger partial charge in [0.1, 0.15) is 54.2 Å². The molecule has 3 saturated heterocycles. The highest BCUT2D eigenvalue weighted by Crippen LogP contribution is 2.36. The van der Waals surface area contributed by atoms with Crippen LogP contribution in [0.15, 0.2) is 108 Å². The fourth-order valence-corrected chi connectivity index (χ4v) is 11.8. The minimum atomic E-state index is -2.54. The Bertz CT molecular complexity index is 3810. The lowest BCUT2D eigenvalue weighted by Gasteiger charge is -2.34. The second-order valence-electron chi connectivity index (χ2n) is 23.4. The van der Waals surface area contributed by atoms with Gasteiger partial charge in [-0.05, 0) is 89.3 Å². The minimum Gasteiger partial charge on any atom is -0.504 e. The van der Waals surface area contributed by atoms with Gasteiger partial charge in [-0.2, -0.15) is 0 Å². The third-order valence-electron chi connectivity index (χ3n) is 16.6. The van der Waals surface area contributed by atoms with Crippen LogP contribution in [0.4, 0.5) is 0 Å². The van der Waals surface area contributed by atoms with Crippen LogP contribution in [0.1, 0.15) is 68.5 Å². The predicted molar refractivity (Wildman–Crippen MR) is 335 cm³/mol. The first-order valence-corrected chi connectivity index (χ1v) is 31.0. The number of ether oxygens (including phenoxy) is 1. The van der Waals surface area contributed by atoms with Gasteiger partial charge in [-0.15, -0.1) is 10.2 Å². The number of phenolic OH excluding ortho intramolecular Hbond substituents is 1. The second kappa shape index (κ2) is 31.4. The average molecular weight is 1350 g/mol. The van der Waals surface area contributed by atoms with Crippen LogP contribution < -0.4 is 41.2 Å². The number of aromatic hydroxyl groups is 1. The van der Waals surface area contributed by atoms with Gasteiger partial charge < -0.3 is 96.3 Å². The Hall–Kier alpha value is -9.39. The molecule has 6 aromatic rings. The molecule has 9 rings (SSSR count). The number of benzene rings is 5. The maximum atomic E-state index is 14.8. The van der Waals surface area contributed by atoms with Crippen LogP contribution in [-0.2, 0) is 42.9 Å². The highest BCUT2D eigenvalue weighted by molar-refractivity contribution is 7.90. The SMILES string of the molecule is CCCOc1ccc(-c2ccc(-c3nnc(-c4ccc(C(=O)N[C@H]5CC(O)CNC(=O)C6C(O)C(C)CN6C(=O)C(C(O)CC(N)=O)NC(=O)C(C(O)C(O)c6ccc(O)c(OSOOO)c6)NC(=O)C6CC(O)CN6C(=O)C(C(C)O)NC5=O)c5ccccc45)o3)cc2)cc1. The van der Waals surface area contributed by atoms with Gasteiger partial charge >= 0.3 is 0 Å². The molecule has 0 spiro atoms. The Balaban J connectivity index is 1.03. The number of aliphatic hydroxyl groups excluding tert-OH is 7. The number of amides is 8. The minimum absolute atomic E-state index is 0.0270. The number of primary amides is 1. The molecule has 33 heteroatoms. The molecule has 0 bridgehead atoms. The highest BCUT2D eigenvalue weighted by Gasteiger charge is 2.50. The van der Waals surface area contributed by atoms with Crippen molar-refractivity contribution in [2.75, 3.05) is 26.2 Å². The Morgan fingerprint density at radius 3 is 2.07 bits per heavy atom. The molecule has 4 heterocycles. The molecular formula is C63H72N10O22S. The van der Waals surface area contributed by atoms with E-state index in [1.807, 2.05) is 55.5 Å². The Morgan fingerprint density at radius 1 is 0.750 bits per heavy atom. The van der Waals surface area contributed by atoms with E-state index < -0.39 is 183 Å². The van der Waals surface area contributed by atoms with Crippen LogP contribution in [0, 0.1) is 5.92 Å². The third-order valence-corrected chi connectivity index (χ3v) is 16.9. The smallest absolute Gasteiger partial charge is 0.261 e. The molecular weight excluding hydrogens is 1280 g/mol. The largest absolute Gasteiger partial charge is 0.504 e. The molecule has 0 saturated carbocycles. The molecule has 1 aromatic heterocycles. The monoisotopic (exact) mass is 1350 g/mol. The molecule has 96 heavy (non-hydrogen) atoms. The number of phenols is 1. The fourth-order valence-electron chi connectivity index (χ4n) is 11.6. The van der Waals surface area contributed by atoms with Crippen molar-refractivity contribution in [1.29, 1.82) is 0 Å². The van der Waals surface area contributed by atoms with Gasteiger partial charge in [-0.3, -0.25) is 38.4 Å². The number of nitrogens with two attached hydrogens (primary N) is 1. The molecule has 0 aliphatic carbocycles. The summed E-state index contributed by atoms with van der Waals surface area (Å²) in [5, 5.41) is 124. The number of fused-ring (bicyclic) bond motifs is 3. The van der Waals surface area contributed by atoms with Gasteiger partial charge in [0.2, 0.25) is 53.1 Å². The zero-order valence-electron chi connectivity index (χ0n) is 51.7. The zero-order valence-corrected chi connectivity index (χ0v) is 52.5. The van der Waals surface area contributed by atoms with Crippen molar-refractivity contribution < 1.29 is 107 Å². The summed E-state index contributed by atoms with van der Waals surface area (Å²) in [5.74, 6) is -11.0. The van der Waals surface area contributed by atoms with Gasteiger partial charge in [0.25, 0.3) is 18.2 Å². The summed E-state index contributed by atoms with van der Waals surface area (Å²) in [6, 6.07) is 15.2. The molecule has 16 N–H and O–H groups in total. The first-order chi connectivity index (χ1) is 45.9. The van der Waals surface area contributed by atoms with E-state index in [1.54, 1.807) is 24.3 Å². The summed E-state index contributed by atoms with van der Waals surface area (Å²) in [4.78, 5) is 116. The molecule has 3 aliphatic heterocycles. The molecule has 5 aromatic carbocycles. The van der Waals surface area contributed by atoms with E-state index in [4.69, 9.17) is 24.3 Å². The van der Waals surface area contributed by atoms with Crippen LogP contribution in [0.3, 0.4) is 0 Å². The van der Waals surface area contributed by atoms with Crippen molar-refractivity contribution in [3.05, 3.63) is 114 Å². The average Bonchev–Trinajstić information content (AvgIpc) is 1.59. The normalized spacial score (nSPS) is 24.4. The third kappa shape index (κ3) is 16.3. The fraction of sp³-hybridized carbons (Fsp3) is 0.397. The first-order valence-electron chi connectivity index (χ1n) is 30.4. The van der Waals surface area contributed by atoms with Gasteiger partial charge in [-0.1, -0.05) is 77.8 Å². The number of nitrogens with one attached hydrogen (secondary N) is 5. The number of aromatic nitrogens is 2. The van der Waals surface area contributed by atoms with Crippen LogP contribution in [0.2, 0.25) is 0 Å². The standard InChI is InChI=1S/C63H72N10O22S/c1-4-21-91-37-16-13-32(14-17-37)31-9-11-33(12-10-31)60-70-71-61(92-60)41-19-18-40(38-7-5-6-8-39(38)41)55(83)66-42-23-35(75)26-65-59(87)51-52(80)29(2)27-73(51)63(89)49(45(78)25-47(64)79)68-58(86)50(54(82)53(81)34-15-20-44(77)46(22-34)93-96-95-94-90)69-57(85)43-24-36(76)28-72(43)62(88)48(30(3)74)67-56(42)84/h5-20,22,29-30,35-36,42-43,45,48-54,74-78,80-82,90H,4,21,23-28H2,1-3H3,(H2,64,79)(H,65,87)(H,66,83)(H,67,84)(H,68,86)(H,69,85)/t29?,30?,35?,36?,42-,43?,45?,48?,49?,50?,51?,52?,53?,54?/m0/s1. The Labute approximate surface area is 550 Å². The number of aliphatic hydroxyl groups is 7. The van der Waals surface area contributed by atoms with E-state index in [1.165, 1.54) is 19.1 Å². The number of β-amino-alcohol motifs (C(OH)–C–C–N with tert-alkyl or cyclic N) is 1. The number of rotatable bonds is 19. The van der Waals surface area contributed by atoms with Crippen molar-refractivity contribution >= 4 is 70.4 Å². The van der Waals surface area contributed by atoms with Gasteiger partial charge in [-0.25, -0.2) is 5.26 Å². The topological polar surface area (TPSA) is 487 Å². The van der Waals surface area contributed by atoms with Crippen LogP contribution in [0.5, 0.6) is 17.2 Å². The van der Waals surface area contributed by atoms with Crippen LogP contribution in [0.25, 0.3) is 44.8 Å². The van der Waals surface area contributed by atoms with Crippen molar-refractivity contribution in [1.82, 2.24) is 46.6 Å². The Morgan fingerprint density at radius 2 is 1.40 bits per heavy atom. The first kappa shape index (κ1) is 70.9. The van der Waals surface area contributed by atoms with E-state index >= 15 is 0 Å². The van der Waals surface area contributed by atoms with Crippen LogP contribution in [-0.4, -0.2) is 212 Å². The maximum Gasteiger partial charge on any atom is 0.261 e. The number of hydrogen-bond acceptors (Lipinski definition) is 25. The molecule has 512 valence electrons. The lowest BCUT2D eigenvalue weighted by Crippen LogP contribution is -2.64. The van der Waals surface area contributed by atoms with Gasteiger partial charge in [0.05, 0.1) is 43.5 Å². The van der Waals surface area contributed by atoms with Crippen LogP contribution >= 0.6 is 12.3 Å². The summed E-state index contributed by atoms with van der Waals surface area (Å²) >= 11 is -0.0270. The van der Waals surface area contributed by atoms with E-state index in [9.17, 15) is 79.2 Å². The predicted octanol–water partition coefficient (Wildman–Crippen LogP) is -0.604. The number of hydrogen-bond donors (Lipinski definition) is 15. The molecule has 8 amide bonds. The summed E-state index contributed by atoms with van der Waals surface area (Å²) in [6.07, 6.45) is -15.5. The quantitative estimate of drug-likeness (QED) is 0.0208. The van der Waals surface area contributed by atoms with E-state index in [-0.39, 0.29) is 35.2 Å². The van der Waals surface area contributed by atoms with Crippen molar-refractivity contribution in [3.63, 3.8) is 0 Å². The zero-order chi connectivity index (χ0) is 69.2. The summed E-state index contributed by atoms with van der Waals surface area (Å²) in [5.41, 5.74) is 7.91. The lowest BCUT2D eigenvalue weighted by atomic mass is 9.96. The van der Waals surface area contributed by atoms with Crippen molar-refractivity contribution in [2.45, 2.75) is 125 Å². The lowest BCUT2D eigenvalue weighted by molar-refractivity contribution is -0.433. The molecule has 32 nitrogen and oxygen atoms in total. The maximum absolute atomic E-state index is 14.8. The molecule has 3 aliphatic rings. The number of carbonyl (C=O) groups is 8. The number of nitrogens with zero attached hydrogens (tertiary/aromatic N) is 4. The molecule has 14 atom stereocenters. The van der Waals surface area contributed by atoms with Gasteiger partial charge in [0.15, 0.2) is 11.5 Å². The molecule has 0 radical (unpaired) electrons. The number of carbonyl (C=O) groups excluding carboxylic acids is 8. The molecule has 13 unspecified atom stereocenters. The van der Waals surface area contributed by atoms with Gasteiger partial charge in [0, 0.05) is 55.1 Å². The summed E-state index contributed by atoms with van der Waals surface area (Å²) < 4.78 is 21.1. The highest BCUT2D eigenvalue weighted by atomic mass is 32.2. The molecule has 3 fully saturated rings. The second-order valence-corrected chi connectivity index (χ2v) is 23.9. The van der Waals surface area contributed by atoms with E-state index in [0.717, 1.165) is 58.2 Å². The van der Waals surface area contributed by atoms with E-state index in [0.29, 0.717) is 28.5 Å². The summed E-state index contributed by atoms with van der Waals surface area (Å²) in [7, 11) is 0. The van der Waals surface area contributed by atoms with E-state index in [2.05, 4.69) is 46.2 Å². The van der Waals surface area contributed by atoms with Crippen molar-refractivity contribution in [3.8, 4) is 51.3 Å².